The van der Waals surface area contributed by atoms with Gasteiger partial charge in [0.1, 0.15) is 5.71 Å². The third-order valence-electron chi connectivity index (χ3n) is 4.55. The maximum Gasteiger partial charge on any atom is 0.431 e. The predicted molar refractivity (Wildman–Crippen MR) is 102 cm³/mol. The summed E-state index contributed by atoms with van der Waals surface area (Å²) in [4.78, 5) is 12.6. The minimum Gasteiger partial charge on any atom is -0.365 e. The van der Waals surface area contributed by atoms with Gasteiger partial charge in [0.15, 0.2) is 5.72 Å². The minimum atomic E-state index is -4.72. The Balaban J connectivity index is 1.80. The molecule has 0 unspecified atom stereocenters. The highest BCUT2D eigenvalue weighted by Gasteiger charge is 2.52. The summed E-state index contributed by atoms with van der Waals surface area (Å²) in [5.41, 5.74) is -2.13. The van der Waals surface area contributed by atoms with E-state index in [9.17, 15) is 23.1 Å². The fraction of sp³-hybridized carbons (Fsp3) is 0.300. The van der Waals surface area contributed by atoms with Crippen molar-refractivity contribution in [1.29, 1.82) is 0 Å². The van der Waals surface area contributed by atoms with Gasteiger partial charge in [-0.25, -0.2) is 0 Å². The van der Waals surface area contributed by atoms with Crippen molar-refractivity contribution in [2.24, 2.45) is 5.10 Å². The number of hydrazone groups is 1. The van der Waals surface area contributed by atoms with Crippen LogP contribution in [0.1, 0.15) is 30.4 Å². The molecule has 1 amide bonds. The fourth-order valence-electron chi connectivity index (χ4n) is 3.10. The number of alkyl halides is 3. The van der Waals surface area contributed by atoms with E-state index in [1.54, 1.807) is 12.1 Å². The van der Waals surface area contributed by atoms with Gasteiger partial charge in [-0.2, -0.15) is 23.3 Å². The van der Waals surface area contributed by atoms with Crippen molar-refractivity contribution in [2.75, 3.05) is 0 Å². The van der Waals surface area contributed by atoms with E-state index >= 15 is 0 Å². The molecule has 0 bridgehead atoms. The second-order valence-electron chi connectivity index (χ2n) is 6.59. The second kappa shape index (κ2) is 8.05. The largest absolute Gasteiger partial charge is 0.431 e. The van der Waals surface area contributed by atoms with E-state index < -0.39 is 29.9 Å². The van der Waals surface area contributed by atoms with E-state index in [4.69, 9.17) is 0 Å². The zero-order valence-corrected chi connectivity index (χ0v) is 16.4. The molecule has 0 radical (unpaired) electrons. The van der Waals surface area contributed by atoms with Crippen LogP contribution < -0.4 is 0 Å². The number of aryl methyl sites for hydroxylation is 1. The van der Waals surface area contributed by atoms with Gasteiger partial charge in [-0.15, -0.1) is 0 Å². The highest BCUT2D eigenvalue weighted by molar-refractivity contribution is 9.10. The van der Waals surface area contributed by atoms with Gasteiger partial charge in [0.2, 0.25) is 5.91 Å². The van der Waals surface area contributed by atoms with Crippen molar-refractivity contribution < 1.29 is 23.1 Å². The normalized spacial score (nSPS) is 19.6. The number of nitrogens with zero attached hydrogens (tertiary/aromatic N) is 2. The summed E-state index contributed by atoms with van der Waals surface area (Å²) in [6.45, 7) is 0. The first-order valence-electron chi connectivity index (χ1n) is 8.70. The van der Waals surface area contributed by atoms with Crippen molar-refractivity contribution in [3.8, 4) is 0 Å². The van der Waals surface area contributed by atoms with Crippen molar-refractivity contribution in [2.45, 2.75) is 37.6 Å². The second-order valence-corrected chi connectivity index (χ2v) is 7.51. The molecule has 1 atom stereocenters. The van der Waals surface area contributed by atoms with Crippen LogP contribution in [0.4, 0.5) is 13.2 Å². The average molecular weight is 455 g/mol. The molecule has 0 saturated heterocycles. The number of rotatable bonds is 5. The Morgan fingerprint density at radius 1 is 1.14 bits per heavy atom. The first-order valence-corrected chi connectivity index (χ1v) is 9.49. The molecule has 0 saturated carbocycles. The van der Waals surface area contributed by atoms with Gasteiger partial charge in [-0.05, 0) is 30.5 Å². The molecule has 0 aromatic heterocycles. The summed E-state index contributed by atoms with van der Waals surface area (Å²) < 4.78 is 40.3. The van der Waals surface area contributed by atoms with Crippen LogP contribution in [0.2, 0.25) is 0 Å². The lowest BCUT2D eigenvalue weighted by molar-refractivity contribution is -0.158. The predicted octanol–water partition coefficient (Wildman–Crippen LogP) is 4.77. The fourth-order valence-corrected chi connectivity index (χ4v) is 3.37. The van der Waals surface area contributed by atoms with E-state index in [2.05, 4.69) is 21.0 Å². The van der Waals surface area contributed by atoms with Crippen LogP contribution in [0, 0.1) is 0 Å². The van der Waals surface area contributed by atoms with Gasteiger partial charge in [-0.1, -0.05) is 58.4 Å². The van der Waals surface area contributed by atoms with Crippen LogP contribution in [0.25, 0.3) is 0 Å². The lowest BCUT2D eigenvalue weighted by Gasteiger charge is -2.31. The average Bonchev–Trinajstić information content (AvgIpc) is 3.02. The van der Waals surface area contributed by atoms with Crippen LogP contribution in [-0.2, 0) is 16.9 Å². The zero-order chi connectivity index (χ0) is 20.4. The van der Waals surface area contributed by atoms with Gasteiger partial charge >= 0.3 is 6.18 Å². The molecule has 4 nitrogen and oxygen atoms in total. The van der Waals surface area contributed by atoms with Crippen LogP contribution in [0.3, 0.4) is 0 Å². The highest BCUT2D eigenvalue weighted by atomic mass is 79.9. The summed E-state index contributed by atoms with van der Waals surface area (Å²) in [5.74, 6) is -0.652. The summed E-state index contributed by atoms with van der Waals surface area (Å²) in [7, 11) is 0. The van der Waals surface area contributed by atoms with Crippen LogP contribution >= 0.6 is 15.9 Å². The smallest absolute Gasteiger partial charge is 0.365 e. The van der Waals surface area contributed by atoms with Crippen molar-refractivity contribution in [3.05, 3.63) is 70.2 Å². The number of amides is 1. The number of halogens is 4. The maximum absolute atomic E-state index is 13.2. The lowest BCUT2D eigenvalue weighted by atomic mass is 9.96. The molecule has 8 heteroatoms. The molecule has 1 aliphatic rings. The van der Waals surface area contributed by atoms with Gasteiger partial charge in [0.05, 0.1) is 6.42 Å². The molecular weight excluding hydrogens is 437 g/mol. The third-order valence-corrected chi connectivity index (χ3v) is 5.08. The van der Waals surface area contributed by atoms with Crippen LogP contribution in [-0.4, -0.2) is 27.9 Å². The molecule has 2 aromatic carbocycles. The summed E-state index contributed by atoms with van der Waals surface area (Å²) in [6, 6.07) is 15.6. The number of hydrogen-bond acceptors (Lipinski definition) is 3. The Bertz CT molecular complexity index is 869. The molecule has 3 rings (SSSR count). The Labute approximate surface area is 168 Å². The Hall–Kier alpha value is -2.19. The first kappa shape index (κ1) is 20.5. The maximum atomic E-state index is 13.2. The van der Waals surface area contributed by atoms with Gasteiger partial charge in [0.25, 0.3) is 0 Å². The molecule has 28 heavy (non-hydrogen) atoms. The number of carbonyl (C=O) groups is 1. The third kappa shape index (κ3) is 4.44. The summed E-state index contributed by atoms with van der Waals surface area (Å²) in [5, 5.41) is 15.0. The first-order chi connectivity index (χ1) is 13.2. The highest BCUT2D eigenvalue weighted by Crippen LogP contribution is 2.40. The van der Waals surface area contributed by atoms with Crippen molar-refractivity contribution in [1.82, 2.24) is 5.01 Å². The topological polar surface area (TPSA) is 52.9 Å². The molecule has 1 N–H and O–H groups in total. The monoisotopic (exact) mass is 454 g/mol. The number of hydrogen-bond donors (Lipinski definition) is 1. The van der Waals surface area contributed by atoms with E-state index in [0.717, 1.165) is 5.56 Å². The number of benzene rings is 2. The molecule has 0 spiro atoms. The van der Waals surface area contributed by atoms with Crippen LogP contribution in [0.15, 0.2) is 64.2 Å². The molecule has 0 aliphatic carbocycles. The van der Waals surface area contributed by atoms with Crippen molar-refractivity contribution >= 4 is 27.5 Å². The van der Waals surface area contributed by atoms with Gasteiger partial charge in [-0.3, -0.25) is 4.79 Å². The van der Waals surface area contributed by atoms with E-state index in [0.29, 0.717) is 22.3 Å². The van der Waals surface area contributed by atoms with E-state index in [1.807, 2.05) is 30.3 Å². The molecule has 1 aliphatic heterocycles. The van der Waals surface area contributed by atoms with Crippen LogP contribution in [0.5, 0.6) is 0 Å². The summed E-state index contributed by atoms with van der Waals surface area (Å²) in [6.07, 6.45) is -4.51. The molecule has 2 aromatic rings. The Morgan fingerprint density at radius 3 is 2.39 bits per heavy atom. The summed E-state index contributed by atoms with van der Waals surface area (Å²) >= 11 is 3.24. The van der Waals surface area contributed by atoms with E-state index in [-0.39, 0.29) is 12.0 Å². The number of aliphatic hydroxyl groups is 1. The van der Waals surface area contributed by atoms with E-state index in [1.165, 1.54) is 12.1 Å². The molecule has 148 valence electrons. The van der Waals surface area contributed by atoms with Gasteiger partial charge < -0.3 is 5.11 Å². The van der Waals surface area contributed by atoms with Gasteiger partial charge in [0, 0.05) is 16.5 Å². The molecular formula is C20H18BrF3N2O2. The minimum absolute atomic E-state index is 0.0254. The zero-order valence-electron chi connectivity index (χ0n) is 14.8. The molecule has 0 fully saturated rings. The number of carbonyl (C=O) groups excluding carboxylic acids is 1. The quantitative estimate of drug-likeness (QED) is 0.707. The Morgan fingerprint density at radius 2 is 1.79 bits per heavy atom. The Kier molecular flexibility index (Phi) is 5.90. The lowest BCUT2D eigenvalue weighted by Crippen LogP contribution is -2.43. The van der Waals surface area contributed by atoms with Crippen molar-refractivity contribution in [3.63, 3.8) is 0 Å². The molecule has 1 heterocycles. The SMILES string of the molecule is O=C(CCCc1ccccc1)N1N=C(C(F)(F)F)C[C@]1(O)c1ccc(Br)cc1. The standard InChI is InChI=1S/C20H18BrF3N2O2/c21-16-11-9-15(10-12-16)19(28)13-17(20(22,23)24)25-26(19)18(27)8-4-7-14-5-2-1-3-6-14/h1-3,5-6,9-12,28H,4,7-8,13H2/t19-/m0/s1.